The van der Waals surface area contributed by atoms with Gasteiger partial charge >= 0.3 is 6.36 Å². The maximum atomic E-state index is 13.6. The Hall–Kier alpha value is -4.11. The summed E-state index contributed by atoms with van der Waals surface area (Å²) in [7, 11) is -4.36. The Balaban J connectivity index is 1.44. The van der Waals surface area contributed by atoms with E-state index in [1.165, 1.54) is 18.3 Å². The van der Waals surface area contributed by atoms with Crippen molar-refractivity contribution in [3.05, 3.63) is 77.3 Å². The minimum Gasteiger partial charge on any atom is -0.406 e. The zero-order valence-electron chi connectivity index (χ0n) is 21.5. The van der Waals surface area contributed by atoms with Crippen molar-refractivity contribution in [3.63, 3.8) is 0 Å². The van der Waals surface area contributed by atoms with E-state index in [2.05, 4.69) is 25.3 Å². The number of alkyl halides is 3. The van der Waals surface area contributed by atoms with Crippen LogP contribution < -0.4 is 15.4 Å². The molecular formula is C27H22F4N4O5S2. The number of carbonyl (C=O) groups excluding carboxylic acids is 2. The van der Waals surface area contributed by atoms with Gasteiger partial charge in [0.2, 0.25) is 17.8 Å². The smallest absolute Gasteiger partial charge is 0.406 e. The van der Waals surface area contributed by atoms with Gasteiger partial charge in [-0.05, 0) is 60.4 Å². The van der Waals surface area contributed by atoms with Gasteiger partial charge in [0.05, 0.1) is 22.5 Å². The first-order valence-corrected chi connectivity index (χ1v) is 15.1. The molecule has 9 nitrogen and oxygen atoms in total. The van der Waals surface area contributed by atoms with Crippen LogP contribution in [0.4, 0.5) is 17.6 Å². The highest BCUT2D eigenvalue weighted by Crippen LogP contribution is 2.35. The van der Waals surface area contributed by atoms with Crippen LogP contribution in [0, 0.1) is 5.95 Å². The van der Waals surface area contributed by atoms with E-state index in [1.807, 2.05) is 0 Å². The van der Waals surface area contributed by atoms with Gasteiger partial charge in [-0.15, -0.1) is 24.5 Å². The number of nitrogens with one attached hydrogen (secondary N) is 2. The van der Waals surface area contributed by atoms with E-state index in [0.717, 1.165) is 48.4 Å². The number of aromatic nitrogens is 2. The predicted octanol–water partition coefficient (Wildman–Crippen LogP) is 4.45. The van der Waals surface area contributed by atoms with Gasteiger partial charge in [-0.2, -0.15) is 4.39 Å². The number of pyridine rings is 1. The molecule has 2 aromatic carbocycles. The third-order valence-electron chi connectivity index (χ3n) is 6.18. The number of amides is 2. The molecule has 1 saturated carbocycles. The standard InChI is InChI=1S/C27H22F4N4O5S2/c28-22-10-4-17(12-32-22)16-3-9-20-21(11-16)41-26(35-20)24(25(37)33-13-23(36)34-18-5-6-18)42(38,39)14-15-1-7-19(8-2-15)40-27(29,30)31/h1-4,7-12,18,24H,5-6,13-14H2,(H,33,37)(H,34,36). The molecule has 2 N–H and O–H groups in total. The molecule has 1 atom stereocenters. The summed E-state index contributed by atoms with van der Waals surface area (Å²) in [4.78, 5) is 33.5. The molecule has 1 fully saturated rings. The van der Waals surface area contributed by atoms with Crippen molar-refractivity contribution < 1.29 is 40.3 Å². The van der Waals surface area contributed by atoms with E-state index in [9.17, 15) is 35.6 Å². The minimum absolute atomic E-state index is 0.0352. The molecular weight excluding hydrogens is 600 g/mol. The monoisotopic (exact) mass is 622 g/mol. The van der Waals surface area contributed by atoms with Gasteiger partial charge in [-0.1, -0.05) is 18.2 Å². The second-order valence-electron chi connectivity index (χ2n) is 9.54. The van der Waals surface area contributed by atoms with Gasteiger partial charge < -0.3 is 15.4 Å². The van der Waals surface area contributed by atoms with E-state index < -0.39 is 57.3 Å². The Morgan fingerprint density at radius 3 is 2.40 bits per heavy atom. The fraction of sp³-hybridized carbons (Fsp3) is 0.259. The lowest BCUT2D eigenvalue weighted by molar-refractivity contribution is -0.274. The molecule has 220 valence electrons. The van der Waals surface area contributed by atoms with Crippen molar-refractivity contribution in [2.75, 3.05) is 6.54 Å². The van der Waals surface area contributed by atoms with Crippen LogP contribution in [-0.2, 0) is 25.2 Å². The summed E-state index contributed by atoms with van der Waals surface area (Å²) in [6.45, 7) is -0.447. The molecule has 4 aromatic rings. The first kappa shape index (κ1) is 29.4. The second kappa shape index (κ2) is 11.6. The molecule has 0 bridgehead atoms. The third-order valence-corrected chi connectivity index (χ3v) is 9.30. The molecule has 1 aliphatic carbocycles. The fourth-order valence-electron chi connectivity index (χ4n) is 4.08. The molecule has 2 heterocycles. The van der Waals surface area contributed by atoms with Crippen molar-refractivity contribution >= 4 is 43.2 Å². The summed E-state index contributed by atoms with van der Waals surface area (Å²) in [6, 6.07) is 12.0. The van der Waals surface area contributed by atoms with Crippen LogP contribution in [0.3, 0.4) is 0 Å². The van der Waals surface area contributed by atoms with Crippen molar-refractivity contribution in [3.8, 4) is 16.9 Å². The number of halogens is 4. The van der Waals surface area contributed by atoms with Crippen molar-refractivity contribution in [2.24, 2.45) is 0 Å². The molecule has 1 unspecified atom stereocenters. The lowest BCUT2D eigenvalue weighted by atomic mass is 10.1. The number of rotatable bonds is 10. The quantitative estimate of drug-likeness (QED) is 0.198. The lowest BCUT2D eigenvalue weighted by Crippen LogP contribution is -2.41. The molecule has 0 spiro atoms. The van der Waals surface area contributed by atoms with Crippen LogP contribution >= 0.6 is 11.3 Å². The molecule has 0 radical (unpaired) electrons. The summed E-state index contributed by atoms with van der Waals surface area (Å²) in [6.07, 6.45) is -1.92. The number of sulfone groups is 1. The van der Waals surface area contributed by atoms with E-state index in [1.54, 1.807) is 18.2 Å². The summed E-state index contributed by atoms with van der Waals surface area (Å²) in [5, 5.41) is 3.20. The van der Waals surface area contributed by atoms with E-state index in [4.69, 9.17) is 0 Å². The van der Waals surface area contributed by atoms with Gasteiger partial charge in [-0.3, -0.25) is 9.59 Å². The topological polar surface area (TPSA) is 127 Å². The van der Waals surface area contributed by atoms with Crippen LogP contribution in [0.5, 0.6) is 5.75 Å². The van der Waals surface area contributed by atoms with Gasteiger partial charge in [0, 0.05) is 17.8 Å². The zero-order chi connectivity index (χ0) is 30.1. The molecule has 5 rings (SSSR count). The molecule has 15 heteroatoms. The number of carbonyl (C=O) groups is 2. The SMILES string of the molecule is O=C(CNC(=O)C(c1nc2ccc(-c3ccc(F)nc3)cc2s1)S(=O)(=O)Cc1ccc(OC(F)(F)F)cc1)NC1CC1. The average molecular weight is 623 g/mol. The number of ether oxygens (including phenoxy) is 1. The summed E-state index contributed by atoms with van der Waals surface area (Å²) >= 11 is 0.956. The molecule has 2 amide bonds. The second-order valence-corrected chi connectivity index (χ2v) is 12.7. The van der Waals surface area contributed by atoms with E-state index >= 15 is 0 Å². The van der Waals surface area contributed by atoms with Gasteiger partial charge in [0.1, 0.15) is 10.8 Å². The maximum Gasteiger partial charge on any atom is 0.573 e. The van der Waals surface area contributed by atoms with Crippen LogP contribution in [-0.4, -0.2) is 49.1 Å². The number of benzene rings is 2. The Morgan fingerprint density at radius 2 is 1.76 bits per heavy atom. The van der Waals surface area contributed by atoms with Gasteiger partial charge in [-0.25, -0.2) is 18.4 Å². The number of nitrogens with zero attached hydrogens (tertiary/aromatic N) is 2. The minimum atomic E-state index is -4.91. The van der Waals surface area contributed by atoms with Crippen LogP contribution in [0.25, 0.3) is 21.3 Å². The first-order chi connectivity index (χ1) is 19.9. The Bertz CT molecular complexity index is 1720. The Kier molecular flexibility index (Phi) is 8.14. The molecule has 0 aliphatic heterocycles. The Labute approximate surface area is 240 Å². The highest BCUT2D eigenvalue weighted by Gasteiger charge is 2.38. The average Bonchev–Trinajstić information content (AvgIpc) is 3.63. The van der Waals surface area contributed by atoms with Crippen LogP contribution in [0.2, 0.25) is 0 Å². The zero-order valence-corrected chi connectivity index (χ0v) is 23.2. The van der Waals surface area contributed by atoms with Crippen molar-refractivity contribution in [1.29, 1.82) is 0 Å². The number of hydrogen-bond donors (Lipinski definition) is 2. The molecule has 0 saturated heterocycles. The van der Waals surface area contributed by atoms with Crippen molar-refractivity contribution in [1.82, 2.24) is 20.6 Å². The fourth-order valence-corrected chi connectivity index (χ4v) is 7.24. The Morgan fingerprint density at radius 1 is 1.05 bits per heavy atom. The predicted molar refractivity (Wildman–Crippen MR) is 145 cm³/mol. The highest BCUT2D eigenvalue weighted by molar-refractivity contribution is 7.91. The summed E-state index contributed by atoms with van der Waals surface area (Å²) in [5.74, 6) is -3.32. The first-order valence-electron chi connectivity index (χ1n) is 12.5. The lowest BCUT2D eigenvalue weighted by Gasteiger charge is -2.16. The van der Waals surface area contributed by atoms with Gasteiger partial charge in [0.15, 0.2) is 15.1 Å². The normalized spacial score (nSPS) is 14.4. The van der Waals surface area contributed by atoms with Crippen molar-refractivity contribution in [2.45, 2.75) is 36.2 Å². The number of fused-ring (bicyclic) bond motifs is 1. The maximum absolute atomic E-state index is 13.6. The number of hydrogen-bond acceptors (Lipinski definition) is 8. The van der Waals surface area contributed by atoms with E-state index in [0.29, 0.717) is 21.3 Å². The molecule has 2 aromatic heterocycles. The summed E-state index contributed by atoms with van der Waals surface area (Å²) < 4.78 is 82.4. The largest absolute Gasteiger partial charge is 0.573 e. The summed E-state index contributed by atoms with van der Waals surface area (Å²) in [5.41, 5.74) is 1.78. The number of thiazole rings is 1. The van der Waals surface area contributed by atoms with Gasteiger partial charge in [0.25, 0.3) is 0 Å². The van der Waals surface area contributed by atoms with Crippen LogP contribution in [0.1, 0.15) is 28.7 Å². The third kappa shape index (κ3) is 7.39. The van der Waals surface area contributed by atoms with E-state index in [-0.39, 0.29) is 16.6 Å². The van der Waals surface area contributed by atoms with Crippen LogP contribution in [0.15, 0.2) is 60.8 Å². The molecule has 1 aliphatic rings. The molecule has 42 heavy (non-hydrogen) atoms. The highest BCUT2D eigenvalue weighted by atomic mass is 32.2.